The Labute approximate surface area is 114 Å². The van der Waals surface area contributed by atoms with Gasteiger partial charge in [0.1, 0.15) is 4.88 Å². The highest BCUT2D eigenvalue weighted by Crippen LogP contribution is 2.38. The number of hydrogen-bond donors (Lipinski definition) is 1. The van der Waals surface area contributed by atoms with Crippen LogP contribution in [0.25, 0.3) is 10.8 Å². The fourth-order valence-corrected chi connectivity index (χ4v) is 4.03. The third-order valence-electron chi connectivity index (χ3n) is 3.41. The summed E-state index contributed by atoms with van der Waals surface area (Å²) in [5, 5.41) is 6.13. The number of nitrogens with two attached hydrogens (primary N) is 1. The normalized spacial score (nSPS) is 18.3. The number of aromatic nitrogens is 2. The van der Waals surface area contributed by atoms with E-state index in [0.717, 1.165) is 30.6 Å². The van der Waals surface area contributed by atoms with Crippen molar-refractivity contribution < 1.29 is 4.52 Å². The maximum atomic E-state index is 6.33. The predicted molar refractivity (Wildman–Crippen MR) is 73.7 cm³/mol. The van der Waals surface area contributed by atoms with Crippen molar-refractivity contribution in [3.05, 3.63) is 17.3 Å². The molecule has 0 amide bonds. The molecule has 0 aliphatic heterocycles. The van der Waals surface area contributed by atoms with Crippen LogP contribution in [0.5, 0.6) is 0 Å². The molecule has 1 aliphatic carbocycles. The van der Waals surface area contributed by atoms with Crippen LogP contribution in [0.3, 0.4) is 0 Å². The standard InChI is InChI=1S/C12H15N3OS2/c1-17-8-4-7-18-9(8)10-14-11(15-16-10)12(13)5-2-3-6-12/h4,7H,2-3,5-6,13H2,1H3. The first-order chi connectivity index (χ1) is 8.73. The summed E-state index contributed by atoms with van der Waals surface area (Å²) in [6.07, 6.45) is 6.24. The van der Waals surface area contributed by atoms with Crippen molar-refractivity contribution in [1.82, 2.24) is 10.1 Å². The molecule has 2 aromatic rings. The van der Waals surface area contributed by atoms with Gasteiger partial charge in [-0.3, -0.25) is 0 Å². The van der Waals surface area contributed by atoms with Gasteiger partial charge in [0.15, 0.2) is 5.82 Å². The molecule has 96 valence electrons. The molecule has 0 bridgehead atoms. The minimum absolute atomic E-state index is 0.376. The molecule has 1 saturated carbocycles. The van der Waals surface area contributed by atoms with Crippen LogP contribution in [-0.2, 0) is 5.54 Å². The maximum Gasteiger partial charge on any atom is 0.269 e. The lowest BCUT2D eigenvalue weighted by Gasteiger charge is -2.17. The third kappa shape index (κ3) is 1.98. The van der Waals surface area contributed by atoms with Crippen molar-refractivity contribution in [3.63, 3.8) is 0 Å². The lowest BCUT2D eigenvalue weighted by Crippen LogP contribution is -2.34. The summed E-state index contributed by atoms with van der Waals surface area (Å²) in [4.78, 5) is 6.73. The molecule has 1 aliphatic rings. The average molecular weight is 281 g/mol. The molecule has 2 heterocycles. The molecule has 0 unspecified atom stereocenters. The first-order valence-corrected chi connectivity index (χ1v) is 8.08. The number of thioether (sulfide) groups is 1. The SMILES string of the molecule is CSc1ccsc1-c1nc(C2(N)CCCC2)no1. The van der Waals surface area contributed by atoms with E-state index in [9.17, 15) is 0 Å². The highest BCUT2D eigenvalue weighted by molar-refractivity contribution is 7.98. The van der Waals surface area contributed by atoms with Gasteiger partial charge in [-0.1, -0.05) is 18.0 Å². The van der Waals surface area contributed by atoms with E-state index in [1.165, 1.54) is 4.90 Å². The number of hydrogen-bond acceptors (Lipinski definition) is 6. The van der Waals surface area contributed by atoms with Crippen LogP contribution < -0.4 is 5.73 Å². The van der Waals surface area contributed by atoms with Gasteiger partial charge < -0.3 is 10.3 Å². The van der Waals surface area contributed by atoms with Gasteiger partial charge in [-0.05, 0) is 30.5 Å². The topological polar surface area (TPSA) is 64.9 Å². The first kappa shape index (κ1) is 12.2. The number of rotatable bonds is 3. The van der Waals surface area contributed by atoms with Gasteiger partial charge in [0.05, 0.1) is 5.54 Å². The van der Waals surface area contributed by atoms with E-state index in [-0.39, 0.29) is 5.54 Å². The van der Waals surface area contributed by atoms with Crippen molar-refractivity contribution in [3.8, 4) is 10.8 Å². The van der Waals surface area contributed by atoms with Crippen LogP contribution in [-0.4, -0.2) is 16.4 Å². The quantitative estimate of drug-likeness (QED) is 0.875. The highest BCUT2D eigenvalue weighted by Gasteiger charge is 2.36. The van der Waals surface area contributed by atoms with E-state index in [2.05, 4.69) is 16.2 Å². The Morgan fingerprint density at radius 3 is 2.94 bits per heavy atom. The summed E-state index contributed by atoms with van der Waals surface area (Å²) in [5.74, 6) is 1.26. The van der Waals surface area contributed by atoms with E-state index in [1.54, 1.807) is 23.1 Å². The summed E-state index contributed by atoms with van der Waals surface area (Å²) >= 11 is 3.31. The molecule has 0 atom stereocenters. The van der Waals surface area contributed by atoms with Gasteiger partial charge in [0, 0.05) is 4.90 Å². The molecule has 2 N–H and O–H groups in total. The van der Waals surface area contributed by atoms with Crippen LogP contribution in [0.2, 0.25) is 0 Å². The summed E-state index contributed by atoms with van der Waals surface area (Å²) < 4.78 is 5.39. The minimum Gasteiger partial charge on any atom is -0.333 e. The number of nitrogens with zero attached hydrogens (tertiary/aromatic N) is 2. The maximum absolute atomic E-state index is 6.33. The summed E-state index contributed by atoms with van der Waals surface area (Å²) in [6.45, 7) is 0. The van der Waals surface area contributed by atoms with Crippen LogP contribution >= 0.6 is 23.1 Å². The molecule has 1 fully saturated rings. The van der Waals surface area contributed by atoms with E-state index in [1.807, 2.05) is 11.6 Å². The fraction of sp³-hybridized carbons (Fsp3) is 0.500. The second-order valence-corrected chi connectivity index (χ2v) is 6.37. The first-order valence-electron chi connectivity index (χ1n) is 5.98. The summed E-state index contributed by atoms with van der Waals surface area (Å²) in [6, 6.07) is 2.07. The van der Waals surface area contributed by atoms with Crippen LogP contribution in [0.4, 0.5) is 0 Å². The molecule has 0 aromatic carbocycles. The second-order valence-electron chi connectivity index (χ2n) is 4.60. The molecule has 0 radical (unpaired) electrons. The molecule has 4 nitrogen and oxygen atoms in total. The minimum atomic E-state index is -0.376. The molecular weight excluding hydrogens is 266 g/mol. The summed E-state index contributed by atoms with van der Waals surface area (Å²) in [5.41, 5.74) is 5.95. The average Bonchev–Trinajstić information content (AvgIpc) is 3.08. The molecular formula is C12H15N3OS2. The predicted octanol–water partition coefficient (Wildman–Crippen LogP) is 3.25. The van der Waals surface area contributed by atoms with Gasteiger partial charge >= 0.3 is 0 Å². The molecule has 2 aromatic heterocycles. The Kier molecular flexibility index (Phi) is 3.17. The largest absolute Gasteiger partial charge is 0.333 e. The van der Waals surface area contributed by atoms with Crippen LogP contribution in [0.15, 0.2) is 20.9 Å². The van der Waals surface area contributed by atoms with Gasteiger partial charge in [-0.15, -0.1) is 23.1 Å². The second kappa shape index (κ2) is 4.68. The Bertz CT molecular complexity index is 543. The van der Waals surface area contributed by atoms with Crippen molar-refractivity contribution in [2.24, 2.45) is 5.73 Å². The monoisotopic (exact) mass is 281 g/mol. The third-order valence-corrected chi connectivity index (χ3v) is 5.22. The molecule has 0 spiro atoms. The van der Waals surface area contributed by atoms with Crippen molar-refractivity contribution in [2.75, 3.05) is 6.26 Å². The van der Waals surface area contributed by atoms with Gasteiger partial charge in [0.25, 0.3) is 5.89 Å². The number of thiophene rings is 1. The zero-order valence-electron chi connectivity index (χ0n) is 10.2. The van der Waals surface area contributed by atoms with Crippen molar-refractivity contribution in [1.29, 1.82) is 0 Å². The zero-order valence-corrected chi connectivity index (χ0v) is 11.8. The van der Waals surface area contributed by atoms with Crippen molar-refractivity contribution >= 4 is 23.1 Å². The smallest absolute Gasteiger partial charge is 0.269 e. The van der Waals surface area contributed by atoms with E-state index >= 15 is 0 Å². The lowest BCUT2D eigenvalue weighted by atomic mass is 9.99. The van der Waals surface area contributed by atoms with Gasteiger partial charge in [-0.25, -0.2) is 0 Å². The van der Waals surface area contributed by atoms with Gasteiger partial charge in [-0.2, -0.15) is 4.98 Å². The van der Waals surface area contributed by atoms with E-state index < -0.39 is 0 Å². The van der Waals surface area contributed by atoms with Crippen LogP contribution in [0.1, 0.15) is 31.5 Å². The molecule has 18 heavy (non-hydrogen) atoms. The van der Waals surface area contributed by atoms with Crippen molar-refractivity contribution in [2.45, 2.75) is 36.1 Å². The fourth-order valence-electron chi connectivity index (χ4n) is 2.36. The molecule has 3 rings (SSSR count). The Hall–Kier alpha value is -0.850. The summed E-state index contributed by atoms with van der Waals surface area (Å²) in [7, 11) is 0. The molecule has 6 heteroatoms. The molecule has 0 saturated heterocycles. The van der Waals surface area contributed by atoms with E-state index in [4.69, 9.17) is 10.3 Å². The highest BCUT2D eigenvalue weighted by atomic mass is 32.2. The lowest BCUT2D eigenvalue weighted by molar-refractivity contribution is 0.373. The Balaban J connectivity index is 1.94. The zero-order chi connectivity index (χ0) is 12.6. The van der Waals surface area contributed by atoms with Crippen LogP contribution in [0, 0.1) is 0 Å². The Morgan fingerprint density at radius 2 is 2.22 bits per heavy atom. The Morgan fingerprint density at radius 1 is 1.44 bits per heavy atom. The van der Waals surface area contributed by atoms with Gasteiger partial charge in [0.2, 0.25) is 0 Å². The van der Waals surface area contributed by atoms with E-state index in [0.29, 0.717) is 11.7 Å².